The van der Waals surface area contributed by atoms with Gasteiger partial charge in [0.15, 0.2) is 18.3 Å². The molecule has 1 aromatic carbocycles. The highest BCUT2D eigenvalue weighted by molar-refractivity contribution is 6.22. The molecule has 0 N–H and O–H groups in total. The van der Waals surface area contributed by atoms with Gasteiger partial charge in [-0.2, -0.15) is 0 Å². The van der Waals surface area contributed by atoms with Crippen molar-refractivity contribution >= 4 is 23.7 Å². The van der Waals surface area contributed by atoms with Crippen LogP contribution in [0.3, 0.4) is 0 Å². The first kappa shape index (κ1) is 11.1. The molecule has 0 radical (unpaired) electrons. The van der Waals surface area contributed by atoms with E-state index in [0.29, 0.717) is 11.3 Å². The molecule has 1 aliphatic rings. The van der Waals surface area contributed by atoms with Crippen LogP contribution in [0.5, 0.6) is 0 Å². The third kappa shape index (κ3) is 2.08. The number of carbonyl (C=O) groups is 2. The molecule has 1 heterocycles. The number of rotatable bonds is 2. The molecule has 0 saturated carbocycles. The molecule has 0 aliphatic carbocycles. The summed E-state index contributed by atoms with van der Waals surface area (Å²) < 4.78 is 4.73. The van der Waals surface area contributed by atoms with Gasteiger partial charge in [0, 0.05) is 11.8 Å². The van der Waals surface area contributed by atoms with E-state index in [4.69, 9.17) is 11.2 Å². The van der Waals surface area contributed by atoms with Crippen LogP contribution in [-0.2, 0) is 9.53 Å². The summed E-state index contributed by atoms with van der Waals surface area (Å²) in [5.41, 5.74) is 0.996. The zero-order valence-electron chi connectivity index (χ0n) is 8.92. The molecule has 84 valence electrons. The van der Waals surface area contributed by atoms with Crippen molar-refractivity contribution in [2.45, 2.75) is 0 Å². The van der Waals surface area contributed by atoms with E-state index in [1.165, 1.54) is 6.21 Å². The lowest BCUT2D eigenvalue weighted by Gasteiger charge is -2.15. The number of carbonyl (C=O) groups excluding carboxylic acids is 2. The van der Waals surface area contributed by atoms with Crippen LogP contribution in [0.4, 0.5) is 5.69 Å². The lowest BCUT2D eigenvalue weighted by Crippen LogP contribution is -2.29. The second-order valence-electron chi connectivity index (χ2n) is 3.45. The van der Waals surface area contributed by atoms with Gasteiger partial charge in [0.1, 0.15) is 0 Å². The van der Waals surface area contributed by atoms with Crippen molar-refractivity contribution in [3.8, 4) is 12.3 Å². The molecule has 1 aliphatic heterocycles. The smallest absolute Gasteiger partial charge is 0.323 e. The Bertz CT molecular complexity index is 540. The predicted molar refractivity (Wildman–Crippen MR) is 62.2 cm³/mol. The molecule has 4 heteroatoms. The summed E-state index contributed by atoms with van der Waals surface area (Å²) in [4.78, 5) is 27.6. The van der Waals surface area contributed by atoms with Crippen molar-refractivity contribution in [3.63, 3.8) is 0 Å². The van der Waals surface area contributed by atoms with E-state index >= 15 is 0 Å². The molecule has 1 aromatic rings. The average molecular weight is 227 g/mol. The van der Waals surface area contributed by atoms with Crippen LogP contribution in [0.1, 0.15) is 10.4 Å². The average Bonchev–Trinajstić information content (AvgIpc) is 2.37. The van der Waals surface area contributed by atoms with Crippen molar-refractivity contribution in [2.24, 2.45) is 10.9 Å². The number of para-hydroxylation sites is 1. The highest BCUT2D eigenvalue weighted by Gasteiger charge is 2.31. The maximum Gasteiger partial charge on any atom is 0.323 e. The van der Waals surface area contributed by atoms with E-state index in [2.05, 4.69) is 10.9 Å². The van der Waals surface area contributed by atoms with Gasteiger partial charge in [0.05, 0.1) is 5.69 Å². The molecule has 0 fully saturated rings. The molecule has 2 rings (SSSR count). The lowest BCUT2D eigenvalue weighted by atomic mass is 9.95. The number of terminal acetylenes is 1. The first-order chi connectivity index (χ1) is 8.24. The quantitative estimate of drug-likeness (QED) is 0.435. The number of esters is 1. The summed E-state index contributed by atoms with van der Waals surface area (Å²) in [5.74, 6) is 0.216. The SMILES string of the molecule is C#CCOC(=O)C1C=Nc2ccccc2C1=O. The Morgan fingerprint density at radius 2 is 2.24 bits per heavy atom. The van der Waals surface area contributed by atoms with Crippen LogP contribution in [0.25, 0.3) is 0 Å². The van der Waals surface area contributed by atoms with Crippen molar-refractivity contribution < 1.29 is 14.3 Å². The molecular weight excluding hydrogens is 218 g/mol. The topological polar surface area (TPSA) is 55.7 Å². The molecule has 0 spiro atoms. The summed E-state index contributed by atoms with van der Waals surface area (Å²) in [6.45, 7) is -0.141. The number of ketones is 1. The van der Waals surface area contributed by atoms with Crippen LogP contribution in [0, 0.1) is 18.3 Å². The first-order valence-electron chi connectivity index (χ1n) is 5.01. The maximum atomic E-state index is 12.0. The predicted octanol–water partition coefficient (Wildman–Crippen LogP) is 1.38. The van der Waals surface area contributed by atoms with Crippen molar-refractivity contribution in [1.82, 2.24) is 0 Å². The molecule has 1 unspecified atom stereocenters. The highest BCUT2D eigenvalue weighted by Crippen LogP contribution is 2.26. The van der Waals surface area contributed by atoms with Crippen molar-refractivity contribution in [2.75, 3.05) is 6.61 Å². The van der Waals surface area contributed by atoms with E-state index in [9.17, 15) is 9.59 Å². The van der Waals surface area contributed by atoms with Crippen LogP contribution >= 0.6 is 0 Å². The van der Waals surface area contributed by atoms with Crippen molar-refractivity contribution in [3.05, 3.63) is 29.8 Å². The van der Waals surface area contributed by atoms with Crippen molar-refractivity contribution in [1.29, 1.82) is 0 Å². The lowest BCUT2D eigenvalue weighted by molar-refractivity contribution is -0.143. The number of ether oxygens (including phenoxy) is 1. The molecule has 0 saturated heterocycles. The third-order valence-electron chi connectivity index (χ3n) is 2.37. The van der Waals surface area contributed by atoms with Gasteiger partial charge in [-0.25, -0.2) is 0 Å². The number of Topliss-reactive ketones (excluding diaryl/α,β-unsaturated/α-hetero) is 1. The Labute approximate surface area is 98.3 Å². The molecule has 0 amide bonds. The van der Waals surface area contributed by atoms with Gasteiger partial charge >= 0.3 is 5.97 Å². The second-order valence-corrected chi connectivity index (χ2v) is 3.45. The molecule has 1 atom stereocenters. The van der Waals surface area contributed by atoms with Crippen LogP contribution < -0.4 is 0 Å². The Hall–Kier alpha value is -2.41. The summed E-state index contributed by atoms with van der Waals surface area (Å²) >= 11 is 0. The number of nitrogens with zero attached hydrogens (tertiary/aromatic N) is 1. The Morgan fingerprint density at radius 1 is 1.47 bits per heavy atom. The van der Waals surface area contributed by atoms with Crippen LogP contribution in [0.15, 0.2) is 29.3 Å². The van der Waals surface area contributed by atoms with Crippen LogP contribution in [-0.4, -0.2) is 24.6 Å². The molecule has 0 bridgehead atoms. The van der Waals surface area contributed by atoms with E-state index in [-0.39, 0.29) is 12.4 Å². The summed E-state index contributed by atoms with van der Waals surface area (Å²) in [6.07, 6.45) is 6.27. The number of fused-ring (bicyclic) bond motifs is 1. The molecule has 0 aromatic heterocycles. The zero-order chi connectivity index (χ0) is 12.3. The minimum atomic E-state index is -0.988. The minimum absolute atomic E-state index is 0.141. The number of benzene rings is 1. The molecular formula is C13H9NO3. The fourth-order valence-electron chi connectivity index (χ4n) is 1.56. The van der Waals surface area contributed by atoms with Gasteiger partial charge in [-0.1, -0.05) is 18.1 Å². The van der Waals surface area contributed by atoms with Gasteiger partial charge in [0.25, 0.3) is 0 Å². The number of aliphatic imine (C=N–C) groups is 1. The Balaban J connectivity index is 2.24. The Kier molecular flexibility index (Phi) is 3.01. The summed E-state index contributed by atoms with van der Waals surface area (Å²) in [5, 5.41) is 0. The van der Waals surface area contributed by atoms with Gasteiger partial charge in [-0.3, -0.25) is 14.6 Å². The largest absolute Gasteiger partial charge is 0.452 e. The van der Waals surface area contributed by atoms with Crippen LogP contribution in [0.2, 0.25) is 0 Å². The fourth-order valence-corrected chi connectivity index (χ4v) is 1.56. The van der Waals surface area contributed by atoms with Gasteiger partial charge < -0.3 is 4.74 Å². The third-order valence-corrected chi connectivity index (χ3v) is 2.37. The normalized spacial score (nSPS) is 17.1. The zero-order valence-corrected chi connectivity index (χ0v) is 8.92. The van der Waals surface area contributed by atoms with Gasteiger partial charge in [-0.05, 0) is 12.1 Å². The van der Waals surface area contributed by atoms with E-state index in [1.807, 2.05) is 0 Å². The number of hydrogen-bond acceptors (Lipinski definition) is 4. The summed E-state index contributed by atoms with van der Waals surface area (Å²) in [7, 11) is 0. The molecule has 17 heavy (non-hydrogen) atoms. The Morgan fingerprint density at radius 3 is 3.00 bits per heavy atom. The highest BCUT2D eigenvalue weighted by atomic mass is 16.5. The summed E-state index contributed by atoms with van der Waals surface area (Å²) in [6, 6.07) is 6.85. The van der Waals surface area contributed by atoms with E-state index in [1.54, 1.807) is 24.3 Å². The monoisotopic (exact) mass is 227 g/mol. The second kappa shape index (κ2) is 4.62. The molecule has 4 nitrogen and oxygen atoms in total. The first-order valence-corrected chi connectivity index (χ1v) is 5.01. The number of hydrogen-bond donors (Lipinski definition) is 0. The van der Waals surface area contributed by atoms with E-state index in [0.717, 1.165) is 0 Å². The van der Waals surface area contributed by atoms with Gasteiger partial charge in [0.2, 0.25) is 0 Å². The van der Waals surface area contributed by atoms with Gasteiger partial charge in [-0.15, -0.1) is 6.42 Å². The fraction of sp³-hybridized carbons (Fsp3) is 0.154. The maximum absolute atomic E-state index is 12.0. The standard InChI is InChI=1S/C13H9NO3/c1-2-7-17-13(16)10-8-14-11-6-4-3-5-9(11)12(10)15/h1,3-6,8,10H,7H2. The minimum Gasteiger partial charge on any atom is -0.452 e. The van der Waals surface area contributed by atoms with E-state index < -0.39 is 11.9 Å².